The van der Waals surface area contributed by atoms with E-state index in [0.29, 0.717) is 21.7 Å². The predicted octanol–water partition coefficient (Wildman–Crippen LogP) is 6.72. The normalized spacial score (nSPS) is 44.0. The number of hydrogen-bond acceptors (Lipinski definition) is 1. The molecule has 5 atom stereocenters. The van der Waals surface area contributed by atoms with Crippen LogP contribution >= 0.6 is 0 Å². The van der Waals surface area contributed by atoms with Crippen LogP contribution in [0.2, 0.25) is 0 Å². The van der Waals surface area contributed by atoms with Crippen LogP contribution in [0.15, 0.2) is 30.3 Å². The number of piperidine rings is 1. The van der Waals surface area contributed by atoms with Gasteiger partial charge in [-0.1, -0.05) is 57.5 Å². The summed E-state index contributed by atoms with van der Waals surface area (Å²) in [5.41, 5.74) is 3.90. The lowest BCUT2D eigenvalue weighted by atomic mass is 9.37. The van der Waals surface area contributed by atoms with Crippen molar-refractivity contribution >= 4 is 0 Å². The molecule has 1 heterocycles. The van der Waals surface area contributed by atoms with Crippen molar-refractivity contribution in [3.8, 4) is 0 Å². The molecule has 5 fully saturated rings. The number of nitrogens with one attached hydrogen (secondary N) is 1. The third kappa shape index (κ3) is 3.08. The van der Waals surface area contributed by atoms with Crippen molar-refractivity contribution < 1.29 is 0 Å². The summed E-state index contributed by atoms with van der Waals surface area (Å²) in [5.74, 6) is 1.89. The second-order valence-corrected chi connectivity index (χ2v) is 12.2. The van der Waals surface area contributed by atoms with E-state index in [-0.39, 0.29) is 0 Å². The molecule has 0 aromatic heterocycles. The van der Waals surface area contributed by atoms with Crippen LogP contribution in [0.4, 0.5) is 0 Å². The van der Waals surface area contributed by atoms with Crippen molar-refractivity contribution in [2.24, 2.45) is 28.1 Å². The van der Waals surface area contributed by atoms with Crippen LogP contribution < -0.4 is 5.32 Å². The first-order chi connectivity index (χ1) is 13.4. The number of benzene rings is 1. The third-order valence-electron chi connectivity index (χ3n) is 9.81. The van der Waals surface area contributed by atoms with E-state index in [2.05, 4.69) is 56.4 Å². The topological polar surface area (TPSA) is 12.0 Å². The second-order valence-electron chi connectivity index (χ2n) is 12.2. The molecular weight excluding hydrogens is 338 g/mol. The van der Waals surface area contributed by atoms with Crippen molar-refractivity contribution in [3.05, 3.63) is 35.9 Å². The van der Waals surface area contributed by atoms with E-state index in [0.717, 1.165) is 11.8 Å². The molecule has 0 radical (unpaired) electrons. The minimum Gasteiger partial charge on any atom is -0.316 e. The molecule has 5 unspecified atom stereocenters. The summed E-state index contributed by atoms with van der Waals surface area (Å²) in [4.78, 5) is 0. The summed E-state index contributed by atoms with van der Waals surface area (Å²) in [7, 11) is 0. The van der Waals surface area contributed by atoms with E-state index in [9.17, 15) is 0 Å². The maximum absolute atomic E-state index is 3.64. The van der Waals surface area contributed by atoms with Crippen LogP contribution in [0.25, 0.3) is 0 Å². The summed E-state index contributed by atoms with van der Waals surface area (Å²) in [6.07, 6.45) is 14.8. The van der Waals surface area contributed by atoms with E-state index in [1.165, 1.54) is 77.3 Å². The molecule has 1 nitrogen and oxygen atoms in total. The first kappa shape index (κ1) is 19.2. The second kappa shape index (κ2) is 6.59. The highest BCUT2D eigenvalue weighted by molar-refractivity contribution is 5.31. The van der Waals surface area contributed by atoms with Gasteiger partial charge in [0.05, 0.1) is 0 Å². The van der Waals surface area contributed by atoms with Gasteiger partial charge in [0.15, 0.2) is 0 Å². The molecule has 4 bridgehead atoms. The monoisotopic (exact) mass is 379 g/mol. The largest absolute Gasteiger partial charge is 0.316 e. The SMILES string of the molecule is CCC12CC3CC(CCC4CCNCC4(C)C)(C1)CC(c1ccccc1)(C3)C2. The lowest BCUT2D eigenvalue weighted by molar-refractivity contribution is -0.134. The summed E-state index contributed by atoms with van der Waals surface area (Å²) < 4.78 is 0. The standard InChI is InChI=1S/C27H41N/c1-4-25-14-21-15-26(17-25,12-10-22-11-13-28-20-24(22,2)3)19-27(16-21,18-25)23-8-6-5-7-9-23/h5-9,21-22,28H,4,10-20H2,1-3H3. The fraction of sp³-hybridized carbons (Fsp3) is 0.778. The summed E-state index contributed by atoms with van der Waals surface area (Å²) in [6, 6.07) is 11.7. The summed E-state index contributed by atoms with van der Waals surface area (Å²) in [6.45, 7) is 9.94. The van der Waals surface area contributed by atoms with Gasteiger partial charge in [-0.15, -0.1) is 0 Å². The lowest BCUT2D eigenvalue weighted by Crippen LogP contribution is -2.58. The Kier molecular flexibility index (Phi) is 4.51. The van der Waals surface area contributed by atoms with Gasteiger partial charge in [-0.2, -0.15) is 0 Å². The average molecular weight is 380 g/mol. The van der Waals surface area contributed by atoms with Gasteiger partial charge in [-0.05, 0) is 103 Å². The maximum Gasteiger partial charge on any atom is 0.000518 e. The first-order valence-electron chi connectivity index (χ1n) is 12.1. The molecule has 4 aliphatic carbocycles. The Morgan fingerprint density at radius 2 is 1.71 bits per heavy atom. The summed E-state index contributed by atoms with van der Waals surface area (Å²) >= 11 is 0. The molecule has 1 aromatic rings. The molecule has 1 saturated heterocycles. The Morgan fingerprint density at radius 3 is 2.46 bits per heavy atom. The minimum atomic E-state index is 0.472. The quantitative estimate of drug-likeness (QED) is 0.598. The van der Waals surface area contributed by atoms with Crippen molar-refractivity contribution in [2.75, 3.05) is 13.1 Å². The van der Waals surface area contributed by atoms with Gasteiger partial charge in [0.1, 0.15) is 0 Å². The Morgan fingerprint density at radius 1 is 0.964 bits per heavy atom. The van der Waals surface area contributed by atoms with Gasteiger partial charge in [0.25, 0.3) is 0 Å². The van der Waals surface area contributed by atoms with Crippen molar-refractivity contribution in [3.63, 3.8) is 0 Å². The minimum absolute atomic E-state index is 0.472. The lowest BCUT2D eigenvalue weighted by Gasteiger charge is -2.67. The van der Waals surface area contributed by atoms with Crippen molar-refractivity contribution in [2.45, 2.75) is 90.4 Å². The van der Waals surface area contributed by atoms with E-state index in [1.807, 2.05) is 0 Å². The molecule has 0 spiro atoms. The van der Waals surface area contributed by atoms with Gasteiger partial charge in [-0.25, -0.2) is 0 Å². The molecule has 1 heteroatoms. The Hall–Kier alpha value is -0.820. The molecule has 154 valence electrons. The first-order valence-corrected chi connectivity index (χ1v) is 12.1. The number of hydrogen-bond donors (Lipinski definition) is 1. The molecular formula is C27H41N. The van der Waals surface area contributed by atoms with Crippen LogP contribution in [0.1, 0.15) is 90.5 Å². The molecule has 6 rings (SSSR count). The highest BCUT2D eigenvalue weighted by Crippen LogP contribution is 2.72. The Balaban J connectivity index is 1.43. The Bertz CT molecular complexity index is 708. The molecule has 4 saturated carbocycles. The molecule has 28 heavy (non-hydrogen) atoms. The number of rotatable bonds is 5. The van der Waals surface area contributed by atoms with Crippen molar-refractivity contribution in [1.82, 2.24) is 5.32 Å². The van der Waals surface area contributed by atoms with Gasteiger partial charge in [0.2, 0.25) is 0 Å². The Labute approximate surface area is 173 Å². The van der Waals surface area contributed by atoms with Gasteiger partial charge in [-0.3, -0.25) is 0 Å². The zero-order chi connectivity index (χ0) is 19.5. The summed E-state index contributed by atoms with van der Waals surface area (Å²) in [5, 5.41) is 3.64. The van der Waals surface area contributed by atoms with Gasteiger partial charge in [0, 0.05) is 6.54 Å². The smallest absolute Gasteiger partial charge is 0.000518 e. The van der Waals surface area contributed by atoms with Crippen LogP contribution in [-0.2, 0) is 5.41 Å². The predicted molar refractivity (Wildman–Crippen MR) is 118 cm³/mol. The fourth-order valence-electron chi connectivity index (χ4n) is 8.87. The van der Waals surface area contributed by atoms with E-state index in [4.69, 9.17) is 0 Å². The zero-order valence-corrected chi connectivity index (χ0v) is 18.5. The molecule has 0 amide bonds. The van der Waals surface area contributed by atoms with Crippen LogP contribution in [0.5, 0.6) is 0 Å². The molecule has 1 N–H and O–H groups in total. The highest BCUT2D eigenvalue weighted by Gasteiger charge is 2.62. The fourth-order valence-corrected chi connectivity index (χ4v) is 8.87. The van der Waals surface area contributed by atoms with Gasteiger partial charge < -0.3 is 5.32 Å². The van der Waals surface area contributed by atoms with E-state index >= 15 is 0 Å². The van der Waals surface area contributed by atoms with E-state index < -0.39 is 0 Å². The van der Waals surface area contributed by atoms with Crippen LogP contribution in [-0.4, -0.2) is 13.1 Å². The molecule has 5 aliphatic rings. The third-order valence-corrected chi connectivity index (χ3v) is 9.81. The zero-order valence-electron chi connectivity index (χ0n) is 18.5. The molecule has 1 aliphatic heterocycles. The average Bonchev–Trinajstić information content (AvgIpc) is 2.67. The van der Waals surface area contributed by atoms with Crippen LogP contribution in [0, 0.1) is 28.1 Å². The van der Waals surface area contributed by atoms with Gasteiger partial charge >= 0.3 is 0 Å². The van der Waals surface area contributed by atoms with Crippen LogP contribution in [0.3, 0.4) is 0 Å². The highest BCUT2D eigenvalue weighted by atomic mass is 14.9. The van der Waals surface area contributed by atoms with Crippen molar-refractivity contribution in [1.29, 1.82) is 0 Å². The maximum atomic E-state index is 3.64. The molecule has 1 aromatic carbocycles. The van der Waals surface area contributed by atoms with E-state index in [1.54, 1.807) is 5.56 Å².